The first-order valence-corrected chi connectivity index (χ1v) is 11.8. The average molecular weight is 428 g/mol. The van der Waals surface area contributed by atoms with E-state index >= 15 is 0 Å². The highest BCUT2D eigenvalue weighted by Gasteiger charge is 2.18. The van der Waals surface area contributed by atoms with Gasteiger partial charge in [0.25, 0.3) is 0 Å². The van der Waals surface area contributed by atoms with Crippen LogP contribution in [0.1, 0.15) is 91.4 Å². The second-order valence-corrected chi connectivity index (χ2v) is 8.31. The van der Waals surface area contributed by atoms with E-state index in [1.165, 1.54) is 11.1 Å². The molecule has 0 aliphatic rings. The maximum absolute atomic E-state index is 12.6. The predicted octanol–water partition coefficient (Wildman–Crippen LogP) is 7.15. The van der Waals surface area contributed by atoms with Gasteiger partial charge in [-0.1, -0.05) is 86.8 Å². The van der Waals surface area contributed by atoms with Crippen molar-refractivity contribution < 1.29 is 9.59 Å². The number of aromatic nitrogens is 1. The largest absolute Gasteiger partial charge is 0.300 e. The van der Waals surface area contributed by atoms with Crippen molar-refractivity contribution in [1.82, 2.24) is 4.98 Å². The van der Waals surface area contributed by atoms with E-state index in [1.807, 2.05) is 55.5 Å². The van der Waals surface area contributed by atoms with Crippen LogP contribution >= 0.6 is 0 Å². The third kappa shape index (κ3) is 6.98. The number of pyridine rings is 1. The Morgan fingerprint density at radius 2 is 1.28 bits per heavy atom. The number of nitrogens with zero attached hydrogens (tertiary/aromatic N) is 1. The molecule has 32 heavy (non-hydrogen) atoms. The first-order chi connectivity index (χ1) is 15.7. The maximum atomic E-state index is 12.6. The first kappa shape index (κ1) is 23.6. The Hall–Kier alpha value is -3.07. The second-order valence-electron chi connectivity index (χ2n) is 8.31. The van der Waals surface area contributed by atoms with E-state index in [4.69, 9.17) is 4.98 Å². The van der Waals surface area contributed by atoms with E-state index in [-0.39, 0.29) is 11.7 Å². The molecule has 1 heterocycles. The molecular weight excluding hydrogens is 394 g/mol. The molecule has 0 amide bonds. The number of Topliss-reactive ketones (excluding diaryl/α,β-unsaturated/α-hetero) is 2. The number of carbonyl (C=O) groups is 2. The van der Waals surface area contributed by atoms with Crippen molar-refractivity contribution in [3.63, 3.8) is 0 Å². The van der Waals surface area contributed by atoms with E-state index in [0.717, 1.165) is 37.8 Å². The van der Waals surface area contributed by atoms with Crippen LogP contribution in [0.15, 0.2) is 79.0 Å². The molecule has 0 bridgehead atoms. The zero-order valence-electron chi connectivity index (χ0n) is 19.0. The van der Waals surface area contributed by atoms with Crippen LogP contribution in [0.5, 0.6) is 0 Å². The number of carbonyl (C=O) groups excluding carboxylic acids is 2. The molecule has 3 rings (SSSR count). The van der Waals surface area contributed by atoms with Crippen molar-refractivity contribution in [2.45, 2.75) is 64.2 Å². The second kappa shape index (κ2) is 12.7. The third-order valence-electron chi connectivity index (χ3n) is 5.92. The molecule has 3 nitrogen and oxygen atoms in total. The van der Waals surface area contributed by atoms with Crippen LogP contribution < -0.4 is 0 Å². The molecule has 166 valence electrons. The van der Waals surface area contributed by atoms with Crippen molar-refractivity contribution >= 4 is 11.6 Å². The zero-order chi connectivity index (χ0) is 22.6. The van der Waals surface area contributed by atoms with Gasteiger partial charge < -0.3 is 0 Å². The monoisotopic (exact) mass is 427 g/mol. The quantitative estimate of drug-likeness (QED) is 0.215. The Morgan fingerprint density at radius 3 is 1.81 bits per heavy atom. The molecule has 0 atom stereocenters. The van der Waals surface area contributed by atoms with Crippen LogP contribution in [0.4, 0.5) is 0 Å². The third-order valence-corrected chi connectivity index (χ3v) is 5.92. The Morgan fingerprint density at radius 1 is 0.719 bits per heavy atom. The molecule has 0 saturated carbocycles. The molecule has 0 aliphatic heterocycles. The van der Waals surface area contributed by atoms with Crippen molar-refractivity contribution in [2.75, 3.05) is 0 Å². The lowest BCUT2D eigenvalue weighted by Crippen LogP contribution is -2.07. The zero-order valence-corrected chi connectivity index (χ0v) is 19.0. The van der Waals surface area contributed by atoms with E-state index in [2.05, 4.69) is 24.3 Å². The molecule has 3 aromatic rings. The van der Waals surface area contributed by atoms with Crippen molar-refractivity contribution in [2.24, 2.45) is 0 Å². The van der Waals surface area contributed by atoms with Gasteiger partial charge in [-0.25, -0.2) is 0 Å². The summed E-state index contributed by atoms with van der Waals surface area (Å²) in [6, 6.07) is 24.6. The first-order valence-electron chi connectivity index (χ1n) is 11.8. The van der Waals surface area contributed by atoms with Gasteiger partial charge in [0.15, 0.2) is 5.78 Å². The summed E-state index contributed by atoms with van der Waals surface area (Å²) < 4.78 is 0. The molecule has 0 unspecified atom stereocenters. The fourth-order valence-corrected chi connectivity index (χ4v) is 4.03. The highest BCUT2D eigenvalue weighted by molar-refractivity contribution is 5.95. The molecule has 3 heteroatoms. The number of rotatable bonds is 13. The topological polar surface area (TPSA) is 47.0 Å². The molecule has 0 spiro atoms. The van der Waals surface area contributed by atoms with Gasteiger partial charge in [-0.05, 0) is 36.1 Å². The summed E-state index contributed by atoms with van der Waals surface area (Å²) in [7, 11) is 0. The van der Waals surface area contributed by atoms with Gasteiger partial charge in [-0.2, -0.15) is 0 Å². The lowest BCUT2D eigenvalue weighted by molar-refractivity contribution is -0.118. The number of hydrogen-bond acceptors (Lipinski definition) is 3. The smallest absolute Gasteiger partial charge is 0.164 e. The number of hydrogen-bond donors (Lipinski definition) is 0. The van der Waals surface area contributed by atoms with E-state index in [0.29, 0.717) is 30.6 Å². The summed E-state index contributed by atoms with van der Waals surface area (Å²) in [5.41, 5.74) is 4.00. The minimum absolute atomic E-state index is 0.0427. The summed E-state index contributed by atoms with van der Waals surface area (Å²) >= 11 is 0. The SMILES string of the molecule is CCC(=O)CCCCCCCC(=O)c1ccc(C(c2ccccc2)c2ccccc2)nc1. The van der Waals surface area contributed by atoms with Gasteiger partial charge in [0.05, 0.1) is 11.6 Å². The van der Waals surface area contributed by atoms with Gasteiger partial charge in [0.1, 0.15) is 5.78 Å². The number of ketones is 2. The Kier molecular flexibility index (Phi) is 9.37. The van der Waals surface area contributed by atoms with E-state index in [9.17, 15) is 9.59 Å². The van der Waals surface area contributed by atoms with Crippen LogP contribution in [0.3, 0.4) is 0 Å². The molecule has 0 radical (unpaired) electrons. The minimum Gasteiger partial charge on any atom is -0.300 e. The fourth-order valence-electron chi connectivity index (χ4n) is 4.03. The summed E-state index contributed by atoms with van der Waals surface area (Å²) in [5.74, 6) is 0.542. The standard InChI is InChI=1S/C29H33NO2/c1-2-26(31)18-12-4-3-5-13-19-28(32)25-20-21-27(30-22-25)29(23-14-8-6-9-15-23)24-16-10-7-11-17-24/h6-11,14-17,20-22,29H,2-5,12-13,18-19H2,1H3. The van der Waals surface area contributed by atoms with Crippen LogP contribution in [0, 0.1) is 0 Å². The summed E-state index contributed by atoms with van der Waals surface area (Å²) in [6.45, 7) is 1.92. The molecule has 2 aromatic carbocycles. The van der Waals surface area contributed by atoms with Crippen molar-refractivity contribution in [3.05, 3.63) is 101 Å². The summed E-state index contributed by atoms with van der Waals surface area (Å²) in [5, 5.41) is 0. The Bertz CT molecular complexity index is 926. The van der Waals surface area contributed by atoms with Gasteiger partial charge >= 0.3 is 0 Å². The number of benzene rings is 2. The van der Waals surface area contributed by atoms with Gasteiger partial charge in [-0.3, -0.25) is 14.6 Å². The van der Waals surface area contributed by atoms with Crippen LogP contribution in [0.25, 0.3) is 0 Å². The fraction of sp³-hybridized carbons (Fsp3) is 0.345. The normalized spacial score (nSPS) is 10.9. The maximum Gasteiger partial charge on any atom is 0.164 e. The molecule has 1 aromatic heterocycles. The lowest BCUT2D eigenvalue weighted by Gasteiger charge is -2.18. The van der Waals surface area contributed by atoms with Crippen LogP contribution in [-0.4, -0.2) is 16.6 Å². The molecular formula is C29H33NO2. The van der Waals surface area contributed by atoms with Crippen LogP contribution in [-0.2, 0) is 4.79 Å². The van der Waals surface area contributed by atoms with Crippen LogP contribution in [0.2, 0.25) is 0 Å². The summed E-state index contributed by atoms with van der Waals surface area (Å²) in [4.78, 5) is 28.6. The van der Waals surface area contributed by atoms with Gasteiger partial charge in [0.2, 0.25) is 0 Å². The van der Waals surface area contributed by atoms with Crippen molar-refractivity contribution in [1.29, 1.82) is 0 Å². The van der Waals surface area contributed by atoms with E-state index < -0.39 is 0 Å². The van der Waals surface area contributed by atoms with Gasteiger partial charge in [0, 0.05) is 31.0 Å². The molecule has 0 N–H and O–H groups in total. The highest BCUT2D eigenvalue weighted by Crippen LogP contribution is 2.30. The Labute approximate surface area is 191 Å². The number of unbranched alkanes of at least 4 members (excludes halogenated alkanes) is 4. The summed E-state index contributed by atoms with van der Waals surface area (Å²) in [6.07, 6.45) is 8.65. The lowest BCUT2D eigenvalue weighted by atomic mass is 9.88. The highest BCUT2D eigenvalue weighted by atomic mass is 16.1. The Balaban J connectivity index is 1.56. The van der Waals surface area contributed by atoms with E-state index in [1.54, 1.807) is 6.20 Å². The molecule has 0 aliphatic carbocycles. The van der Waals surface area contributed by atoms with Gasteiger partial charge in [-0.15, -0.1) is 0 Å². The van der Waals surface area contributed by atoms with Crippen molar-refractivity contribution in [3.8, 4) is 0 Å². The predicted molar refractivity (Wildman–Crippen MR) is 130 cm³/mol. The minimum atomic E-state index is 0.0427. The molecule has 0 fully saturated rings. The molecule has 0 saturated heterocycles. The average Bonchev–Trinajstić information content (AvgIpc) is 2.85.